The highest BCUT2D eigenvalue weighted by Gasteiger charge is 2.42. The number of aryl methyl sites for hydroxylation is 2. The lowest BCUT2D eigenvalue weighted by Gasteiger charge is -2.37. The summed E-state index contributed by atoms with van der Waals surface area (Å²) in [6, 6.07) is 5.86. The fraction of sp³-hybridized carbons (Fsp3) is 0.474. The van der Waals surface area contributed by atoms with Gasteiger partial charge in [0.25, 0.3) is 0 Å². The molecule has 2 aliphatic heterocycles. The molecular formula is C19H23N3O3S. The molecule has 6 nitrogen and oxygen atoms in total. The van der Waals surface area contributed by atoms with Crippen LogP contribution in [0.25, 0.3) is 0 Å². The Morgan fingerprint density at radius 1 is 1.27 bits per heavy atom. The van der Waals surface area contributed by atoms with Crippen LogP contribution in [-0.2, 0) is 22.3 Å². The van der Waals surface area contributed by atoms with Gasteiger partial charge in [-0.15, -0.1) is 0 Å². The highest BCUT2D eigenvalue weighted by molar-refractivity contribution is 7.82. The summed E-state index contributed by atoms with van der Waals surface area (Å²) in [5.41, 5.74) is 2.58. The van der Waals surface area contributed by atoms with Gasteiger partial charge in [-0.25, -0.2) is 13.5 Å². The molecule has 1 spiro atoms. The fourth-order valence-electron chi connectivity index (χ4n) is 3.46. The van der Waals surface area contributed by atoms with E-state index in [1.807, 2.05) is 36.4 Å². The van der Waals surface area contributed by atoms with Gasteiger partial charge in [0, 0.05) is 25.2 Å². The van der Waals surface area contributed by atoms with E-state index in [9.17, 15) is 4.21 Å². The SMILES string of the molecule is Cc1cnc2c(c1)S(=O)N(Cc1ncccc1C)CC1(CCOCC1)O2. The maximum absolute atomic E-state index is 13.4. The first-order valence-electron chi connectivity index (χ1n) is 8.87. The molecule has 2 aromatic rings. The summed E-state index contributed by atoms with van der Waals surface area (Å²) in [6.07, 6.45) is 5.07. The number of hydrogen-bond acceptors (Lipinski definition) is 5. The van der Waals surface area contributed by atoms with Crippen molar-refractivity contribution in [3.63, 3.8) is 0 Å². The van der Waals surface area contributed by atoms with E-state index in [4.69, 9.17) is 9.47 Å². The third kappa shape index (κ3) is 3.39. The van der Waals surface area contributed by atoms with Crippen molar-refractivity contribution in [2.45, 2.75) is 43.7 Å². The third-order valence-corrected chi connectivity index (χ3v) is 6.40. The molecule has 0 bridgehead atoms. The second-order valence-corrected chi connectivity index (χ2v) is 8.48. The average Bonchev–Trinajstić information content (AvgIpc) is 2.74. The van der Waals surface area contributed by atoms with Gasteiger partial charge in [0.05, 0.1) is 32.0 Å². The highest BCUT2D eigenvalue weighted by Crippen LogP contribution is 2.36. The summed E-state index contributed by atoms with van der Waals surface area (Å²) >= 11 is 0. The fourth-order valence-corrected chi connectivity index (χ4v) is 4.86. The predicted octanol–water partition coefficient (Wildman–Crippen LogP) is 2.56. The summed E-state index contributed by atoms with van der Waals surface area (Å²) in [7, 11) is -1.35. The molecule has 138 valence electrons. The van der Waals surface area contributed by atoms with E-state index < -0.39 is 16.6 Å². The zero-order chi connectivity index (χ0) is 18.1. The molecule has 4 rings (SSSR count). The molecule has 0 saturated carbocycles. The van der Waals surface area contributed by atoms with Crippen molar-refractivity contribution in [1.29, 1.82) is 0 Å². The predicted molar refractivity (Wildman–Crippen MR) is 98.2 cm³/mol. The second kappa shape index (κ2) is 7.06. The number of rotatable bonds is 2. The molecule has 4 heterocycles. The second-order valence-electron chi connectivity index (χ2n) is 7.03. The zero-order valence-corrected chi connectivity index (χ0v) is 15.9. The monoisotopic (exact) mass is 373 g/mol. The molecule has 0 N–H and O–H groups in total. The Hall–Kier alpha value is -1.83. The first-order chi connectivity index (χ1) is 12.6. The van der Waals surface area contributed by atoms with Crippen LogP contribution >= 0.6 is 0 Å². The summed E-state index contributed by atoms with van der Waals surface area (Å²) in [4.78, 5) is 9.57. The van der Waals surface area contributed by atoms with Gasteiger partial charge < -0.3 is 9.47 Å². The lowest BCUT2D eigenvalue weighted by atomic mass is 9.93. The maximum atomic E-state index is 13.4. The highest BCUT2D eigenvalue weighted by atomic mass is 32.2. The Kier molecular flexibility index (Phi) is 4.77. The molecular weight excluding hydrogens is 350 g/mol. The third-order valence-electron chi connectivity index (χ3n) is 5.00. The van der Waals surface area contributed by atoms with Crippen LogP contribution in [0.15, 0.2) is 35.5 Å². The summed E-state index contributed by atoms with van der Waals surface area (Å²) in [5, 5.41) is 0. The molecule has 1 fully saturated rings. The van der Waals surface area contributed by atoms with E-state index in [0.717, 1.165) is 29.7 Å². The van der Waals surface area contributed by atoms with Gasteiger partial charge in [0.2, 0.25) is 5.88 Å². The molecule has 2 aromatic heterocycles. The Morgan fingerprint density at radius 3 is 2.85 bits per heavy atom. The maximum Gasteiger partial charge on any atom is 0.231 e. The van der Waals surface area contributed by atoms with Crippen LogP contribution in [0.3, 0.4) is 0 Å². The minimum atomic E-state index is -1.35. The van der Waals surface area contributed by atoms with Crippen LogP contribution in [0.1, 0.15) is 29.7 Å². The van der Waals surface area contributed by atoms with Gasteiger partial charge in [0.1, 0.15) is 21.5 Å². The standard InChI is InChI=1S/C19H23N3O3S/c1-14-10-17-18(21-11-14)25-19(5-8-24-9-6-19)13-22(26(17)23)12-16-15(2)4-3-7-20-16/h3-4,7,10-11H,5-6,8-9,12-13H2,1-2H3. The van der Waals surface area contributed by atoms with Crippen molar-refractivity contribution >= 4 is 11.0 Å². The van der Waals surface area contributed by atoms with Gasteiger partial charge in [-0.1, -0.05) is 6.07 Å². The van der Waals surface area contributed by atoms with Gasteiger partial charge >= 0.3 is 0 Å². The average molecular weight is 373 g/mol. The Labute approximate surface area is 156 Å². The van der Waals surface area contributed by atoms with Crippen LogP contribution < -0.4 is 4.74 Å². The van der Waals surface area contributed by atoms with Crippen LogP contribution in [-0.4, -0.2) is 43.8 Å². The Bertz CT molecular complexity index is 837. The molecule has 1 unspecified atom stereocenters. The van der Waals surface area contributed by atoms with Crippen molar-refractivity contribution in [1.82, 2.24) is 14.3 Å². The first-order valence-corrected chi connectivity index (χ1v) is 9.98. The summed E-state index contributed by atoms with van der Waals surface area (Å²) < 4.78 is 27.3. The lowest BCUT2D eigenvalue weighted by molar-refractivity contribution is -0.0552. The smallest absolute Gasteiger partial charge is 0.231 e. The molecule has 7 heteroatoms. The summed E-state index contributed by atoms with van der Waals surface area (Å²) in [5.74, 6) is 0.482. The quantitative estimate of drug-likeness (QED) is 0.809. The van der Waals surface area contributed by atoms with E-state index in [1.165, 1.54) is 0 Å². The molecule has 0 aromatic carbocycles. The van der Waals surface area contributed by atoms with E-state index in [1.54, 1.807) is 12.4 Å². The molecule has 2 aliphatic rings. The van der Waals surface area contributed by atoms with Gasteiger partial charge in [0.15, 0.2) is 0 Å². The van der Waals surface area contributed by atoms with Crippen LogP contribution in [0.2, 0.25) is 0 Å². The van der Waals surface area contributed by atoms with E-state index in [0.29, 0.717) is 37.1 Å². The number of fused-ring (bicyclic) bond motifs is 1. The normalized spacial score (nSPS) is 22.5. The van der Waals surface area contributed by atoms with Gasteiger partial charge in [-0.2, -0.15) is 0 Å². The Morgan fingerprint density at radius 2 is 2.08 bits per heavy atom. The molecule has 1 atom stereocenters. The van der Waals surface area contributed by atoms with Crippen molar-refractivity contribution < 1.29 is 13.7 Å². The van der Waals surface area contributed by atoms with Crippen molar-refractivity contribution in [3.8, 4) is 5.88 Å². The number of ether oxygens (including phenoxy) is 2. The number of pyridine rings is 2. The van der Waals surface area contributed by atoms with Crippen molar-refractivity contribution in [2.75, 3.05) is 19.8 Å². The molecule has 1 saturated heterocycles. The van der Waals surface area contributed by atoms with E-state index in [-0.39, 0.29) is 0 Å². The van der Waals surface area contributed by atoms with Crippen LogP contribution in [0, 0.1) is 13.8 Å². The number of aromatic nitrogens is 2. The van der Waals surface area contributed by atoms with Gasteiger partial charge in [-0.3, -0.25) is 4.98 Å². The minimum absolute atomic E-state index is 0.426. The van der Waals surface area contributed by atoms with E-state index in [2.05, 4.69) is 9.97 Å². The molecule has 0 radical (unpaired) electrons. The Balaban J connectivity index is 1.74. The molecule has 0 amide bonds. The largest absolute Gasteiger partial charge is 0.469 e. The first kappa shape index (κ1) is 17.6. The van der Waals surface area contributed by atoms with Crippen molar-refractivity contribution in [2.24, 2.45) is 0 Å². The van der Waals surface area contributed by atoms with Crippen LogP contribution in [0.4, 0.5) is 0 Å². The van der Waals surface area contributed by atoms with Crippen molar-refractivity contribution in [3.05, 3.63) is 47.4 Å². The van der Waals surface area contributed by atoms with Gasteiger partial charge in [-0.05, 0) is 37.1 Å². The number of nitrogens with zero attached hydrogens (tertiary/aromatic N) is 3. The van der Waals surface area contributed by atoms with Crippen LogP contribution in [0.5, 0.6) is 5.88 Å². The summed E-state index contributed by atoms with van der Waals surface area (Å²) in [6.45, 7) is 6.35. The lowest BCUT2D eigenvalue weighted by Crippen LogP contribution is -2.49. The number of hydrogen-bond donors (Lipinski definition) is 0. The molecule has 0 aliphatic carbocycles. The van der Waals surface area contributed by atoms with E-state index >= 15 is 0 Å². The topological polar surface area (TPSA) is 64.6 Å². The molecule has 26 heavy (non-hydrogen) atoms. The zero-order valence-electron chi connectivity index (χ0n) is 15.1. The minimum Gasteiger partial charge on any atom is -0.469 e.